The Morgan fingerprint density at radius 2 is 1.69 bits per heavy atom. The molecule has 0 unspecified atom stereocenters. The summed E-state index contributed by atoms with van der Waals surface area (Å²) < 4.78 is 5.19. The van der Waals surface area contributed by atoms with Crippen molar-refractivity contribution in [3.63, 3.8) is 0 Å². The molecule has 0 amide bonds. The van der Waals surface area contributed by atoms with Gasteiger partial charge in [0.15, 0.2) is 9.84 Å². The molecule has 0 saturated heterocycles. The number of hydrogen-bond donors (Lipinski definition) is 0. The van der Waals surface area contributed by atoms with Gasteiger partial charge in [-0.05, 0) is 39.5 Å². The van der Waals surface area contributed by atoms with Gasteiger partial charge < -0.3 is 9.13 Å². The van der Waals surface area contributed by atoms with Crippen LogP contribution < -0.4 is 0 Å². The number of unbranched alkanes of at least 4 members (excludes halogenated alkanes) is 1. The highest BCUT2D eigenvalue weighted by Crippen LogP contribution is 1.96. The first kappa shape index (κ1) is 13.1. The highest BCUT2D eigenvalue weighted by molar-refractivity contribution is 6.28. The number of hydrogen-bond acceptors (Lipinski definition) is 2. The normalized spacial score (nSPS) is 12.5. The molecular formula is C10H26N2Si. The lowest BCUT2D eigenvalue weighted by Gasteiger charge is -2.26. The van der Waals surface area contributed by atoms with Crippen molar-refractivity contribution < 1.29 is 0 Å². The Labute approximate surface area is 86.3 Å². The van der Waals surface area contributed by atoms with E-state index in [0.717, 1.165) is 0 Å². The zero-order valence-electron chi connectivity index (χ0n) is 9.84. The Kier molecular flexibility index (Phi) is 8.81. The first-order chi connectivity index (χ1) is 6.24. The maximum Gasteiger partial charge on any atom is 0.172 e. The average Bonchev–Trinajstić information content (AvgIpc) is 2.14. The largest absolute Gasteiger partial charge is 0.320 e. The molecule has 0 aromatic heterocycles. The molecule has 0 heterocycles. The summed E-state index contributed by atoms with van der Waals surface area (Å²) in [5, 5.41) is 0. The SMILES string of the molecule is CCCCN(CCC)[SiH2]N(C)CC. The first-order valence-electron chi connectivity index (χ1n) is 5.65. The Balaban J connectivity index is 3.65. The van der Waals surface area contributed by atoms with Crippen LogP contribution in [0.15, 0.2) is 0 Å². The van der Waals surface area contributed by atoms with Gasteiger partial charge in [-0.25, -0.2) is 0 Å². The van der Waals surface area contributed by atoms with E-state index in [-0.39, 0.29) is 9.84 Å². The predicted octanol–water partition coefficient (Wildman–Crippen LogP) is 1.45. The highest BCUT2D eigenvalue weighted by Gasteiger charge is 2.05. The van der Waals surface area contributed by atoms with Crippen molar-refractivity contribution in [3.8, 4) is 0 Å². The Morgan fingerprint density at radius 3 is 2.15 bits per heavy atom. The molecule has 0 N–H and O–H groups in total. The molecule has 0 aromatic rings. The molecule has 0 aliphatic heterocycles. The lowest BCUT2D eigenvalue weighted by atomic mass is 10.3. The molecule has 2 nitrogen and oxygen atoms in total. The lowest BCUT2D eigenvalue weighted by Crippen LogP contribution is -2.40. The number of nitrogens with zero attached hydrogens (tertiary/aromatic N) is 2. The van der Waals surface area contributed by atoms with Gasteiger partial charge in [-0.15, -0.1) is 0 Å². The van der Waals surface area contributed by atoms with Gasteiger partial charge in [0.2, 0.25) is 0 Å². The van der Waals surface area contributed by atoms with Crippen LogP contribution in [0.1, 0.15) is 40.0 Å². The van der Waals surface area contributed by atoms with Crippen LogP contribution in [0.5, 0.6) is 0 Å². The van der Waals surface area contributed by atoms with E-state index in [1.807, 2.05) is 0 Å². The summed E-state index contributed by atoms with van der Waals surface area (Å²) in [4.78, 5) is 0. The predicted molar refractivity (Wildman–Crippen MR) is 63.6 cm³/mol. The van der Waals surface area contributed by atoms with E-state index in [1.54, 1.807) is 0 Å². The van der Waals surface area contributed by atoms with Crippen LogP contribution in [0.2, 0.25) is 0 Å². The van der Waals surface area contributed by atoms with E-state index in [9.17, 15) is 0 Å². The molecule has 13 heavy (non-hydrogen) atoms. The molecule has 0 aliphatic rings. The van der Waals surface area contributed by atoms with Gasteiger partial charge in [-0.1, -0.05) is 27.2 Å². The average molecular weight is 202 g/mol. The molecule has 0 spiro atoms. The van der Waals surface area contributed by atoms with Gasteiger partial charge in [0, 0.05) is 0 Å². The zero-order valence-corrected chi connectivity index (χ0v) is 11.3. The fourth-order valence-electron chi connectivity index (χ4n) is 1.39. The summed E-state index contributed by atoms with van der Waals surface area (Å²) >= 11 is 0. The molecular weight excluding hydrogens is 176 g/mol. The highest BCUT2D eigenvalue weighted by atomic mass is 28.2. The van der Waals surface area contributed by atoms with E-state index in [0.29, 0.717) is 0 Å². The van der Waals surface area contributed by atoms with E-state index in [4.69, 9.17) is 0 Å². The first-order valence-corrected chi connectivity index (χ1v) is 6.91. The molecule has 0 rings (SSSR count). The molecule has 0 aromatic carbocycles. The van der Waals surface area contributed by atoms with Crippen molar-refractivity contribution >= 4 is 9.84 Å². The standard InChI is InChI=1S/C10H26N2Si/c1-5-8-10-12(9-6-2)13-11(4)7-3/h5-10,13H2,1-4H3. The van der Waals surface area contributed by atoms with Crippen molar-refractivity contribution in [2.24, 2.45) is 0 Å². The van der Waals surface area contributed by atoms with Crippen LogP contribution in [0.3, 0.4) is 0 Å². The second-order valence-corrected chi connectivity index (χ2v) is 6.04. The van der Waals surface area contributed by atoms with Crippen molar-refractivity contribution in [3.05, 3.63) is 0 Å². The maximum absolute atomic E-state index is 2.69. The van der Waals surface area contributed by atoms with Crippen molar-refractivity contribution in [1.82, 2.24) is 9.13 Å². The summed E-state index contributed by atoms with van der Waals surface area (Å²) in [5.74, 6) is 0. The van der Waals surface area contributed by atoms with E-state index in [2.05, 4.69) is 36.9 Å². The Hall–Kier alpha value is 0.137. The minimum absolute atomic E-state index is 0.115. The minimum atomic E-state index is -0.115. The van der Waals surface area contributed by atoms with Crippen LogP contribution in [-0.2, 0) is 0 Å². The van der Waals surface area contributed by atoms with Gasteiger partial charge in [0.25, 0.3) is 0 Å². The molecule has 0 bridgehead atoms. The summed E-state index contributed by atoms with van der Waals surface area (Å²) in [7, 11) is 2.14. The van der Waals surface area contributed by atoms with Gasteiger partial charge >= 0.3 is 0 Å². The summed E-state index contributed by atoms with van der Waals surface area (Å²) in [6.07, 6.45) is 3.99. The van der Waals surface area contributed by atoms with Gasteiger partial charge in [0.05, 0.1) is 0 Å². The molecule has 0 aliphatic carbocycles. The Morgan fingerprint density at radius 1 is 1.00 bits per heavy atom. The van der Waals surface area contributed by atoms with E-state index < -0.39 is 0 Å². The summed E-state index contributed by atoms with van der Waals surface area (Å²) in [6, 6.07) is 0. The quantitative estimate of drug-likeness (QED) is 0.550. The van der Waals surface area contributed by atoms with E-state index in [1.165, 1.54) is 38.9 Å². The van der Waals surface area contributed by atoms with Crippen LogP contribution in [0.25, 0.3) is 0 Å². The van der Waals surface area contributed by atoms with E-state index >= 15 is 0 Å². The fraction of sp³-hybridized carbons (Fsp3) is 1.00. The zero-order chi connectivity index (χ0) is 10.1. The molecule has 80 valence electrons. The monoisotopic (exact) mass is 202 g/mol. The molecule has 0 fully saturated rings. The number of rotatable bonds is 8. The maximum atomic E-state index is 2.69. The second-order valence-electron chi connectivity index (χ2n) is 3.79. The fourth-order valence-corrected chi connectivity index (χ4v) is 3.10. The lowest BCUT2D eigenvalue weighted by molar-refractivity contribution is 0.388. The van der Waals surface area contributed by atoms with Gasteiger partial charge in [-0.3, -0.25) is 0 Å². The van der Waals surface area contributed by atoms with Crippen LogP contribution in [0.4, 0.5) is 0 Å². The van der Waals surface area contributed by atoms with Gasteiger partial charge in [-0.2, -0.15) is 0 Å². The van der Waals surface area contributed by atoms with Crippen LogP contribution in [-0.4, -0.2) is 45.7 Å². The topological polar surface area (TPSA) is 6.48 Å². The third kappa shape index (κ3) is 7.23. The van der Waals surface area contributed by atoms with Gasteiger partial charge in [0.1, 0.15) is 0 Å². The second kappa shape index (κ2) is 8.72. The Bertz CT molecular complexity index is 109. The summed E-state index contributed by atoms with van der Waals surface area (Å²) in [6.45, 7) is 10.6. The van der Waals surface area contributed by atoms with Crippen molar-refractivity contribution in [2.45, 2.75) is 40.0 Å². The molecule has 0 radical (unpaired) electrons. The van der Waals surface area contributed by atoms with Crippen LogP contribution >= 0.6 is 0 Å². The molecule has 0 saturated carbocycles. The minimum Gasteiger partial charge on any atom is -0.320 e. The summed E-state index contributed by atoms with van der Waals surface area (Å²) in [5.41, 5.74) is 0. The smallest absolute Gasteiger partial charge is 0.172 e. The third-order valence-corrected chi connectivity index (χ3v) is 4.31. The molecule has 0 atom stereocenters. The van der Waals surface area contributed by atoms with Crippen molar-refractivity contribution in [1.29, 1.82) is 0 Å². The van der Waals surface area contributed by atoms with Crippen molar-refractivity contribution in [2.75, 3.05) is 26.7 Å². The third-order valence-electron chi connectivity index (χ3n) is 2.35. The molecule has 3 heteroatoms. The van der Waals surface area contributed by atoms with Crippen LogP contribution in [0, 0.1) is 0 Å².